The van der Waals surface area contributed by atoms with Crippen molar-refractivity contribution >= 4 is 16.0 Å². The molecule has 7 heteroatoms. The van der Waals surface area contributed by atoms with E-state index in [1.165, 1.54) is 12.1 Å². The summed E-state index contributed by atoms with van der Waals surface area (Å²) in [6.45, 7) is 2.02. The zero-order valence-electron chi connectivity index (χ0n) is 16.5. The van der Waals surface area contributed by atoms with Crippen LogP contribution in [0, 0.1) is 0 Å². The quantitative estimate of drug-likeness (QED) is 0.534. The van der Waals surface area contributed by atoms with E-state index in [0.29, 0.717) is 24.2 Å². The van der Waals surface area contributed by atoms with E-state index in [1.807, 2.05) is 61.5 Å². The second-order valence-corrected chi connectivity index (χ2v) is 8.45. The molecule has 30 heavy (non-hydrogen) atoms. The number of sulfonamides is 1. The van der Waals surface area contributed by atoms with Gasteiger partial charge in [0.2, 0.25) is 10.0 Å². The largest absolute Gasteiger partial charge is 0.478 e. The Morgan fingerprint density at radius 1 is 0.967 bits per heavy atom. The lowest BCUT2D eigenvalue weighted by Gasteiger charge is -2.10. The molecule has 0 spiro atoms. The fraction of sp³-hybridized carbons (Fsp3) is 0.174. The normalized spacial score (nSPS) is 11.2. The van der Waals surface area contributed by atoms with Gasteiger partial charge in [0.15, 0.2) is 0 Å². The van der Waals surface area contributed by atoms with Crippen molar-refractivity contribution in [2.75, 3.05) is 6.54 Å². The molecule has 0 radical (unpaired) electrons. The molecular weight excluding hydrogens is 402 g/mol. The molecule has 0 aliphatic heterocycles. The minimum absolute atomic E-state index is 0.00869. The smallest absolute Gasteiger partial charge is 0.336 e. The van der Waals surface area contributed by atoms with Crippen molar-refractivity contribution in [3.63, 3.8) is 0 Å². The van der Waals surface area contributed by atoms with E-state index in [0.717, 1.165) is 11.3 Å². The van der Waals surface area contributed by atoms with Gasteiger partial charge in [-0.3, -0.25) is 0 Å². The van der Waals surface area contributed by atoms with Gasteiger partial charge in [-0.25, -0.2) is 17.9 Å². The Kier molecular flexibility index (Phi) is 6.87. The van der Waals surface area contributed by atoms with Crippen LogP contribution >= 0.6 is 0 Å². The van der Waals surface area contributed by atoms with Crippen LogP contribution < -0.4 is 9.46 Å². The van der Waals surface area contributed by atoms with Crippen molar-refractivity contribution in [1.82, 2.24) is 4.72 Å². The lowest BCUT2D eigenvalue weighted by atomic mass is 10.1. The maximum absolute atomic E-state index is 12.5. The van der Waals surface area contributed by atoms with E-state index in [9.17, 15) is 18.3 Å². The van der Waals surface area contributed by atoms with Gasteiger partial charge in [-0.15, -0.1) is 0 Å². The zero-order valence-corrected chi connectivity index (χ0v) is 17.4. The Morgan fingerprint density at radius 3 is 2.27 bits per heavy atom. The summed E-state index contributed by atoms with van der Waals surface area (Å²) in [4.78, 5) is 11.3. The highest BCUT2D eigenvalue weighted by atomic mass is 32.2. The molecule has 3 rings (SSSR count). The molecule has 0 saturated heterocycles. The Bertz CT molecular complexity index is 1110. The summed E-state index contributed by atoms with van der Waals surface area (Å²) < 4.78 is 33.3. The Hall–Kier alpha value is -3.16. The average molecular weight is 426 g/mol. The summed E-state index contributed by atoms with van der Waals surface area (Å²) in [5.41, 5.74) is 1.55. The minimum atomic E-state index is -3.80. The van der Waals surface area contributed by atoms with Crippen molar-refractivity contribution in [3.8, 4) is 11.5 Å². The number of carbonyl (C=O) groups is 1. The Balaban J connectivity index is 1.60. The third-order valence-electron chi connectivity index (χ3n) is 4.61. The van der Waals surface area contributed by atoms with Crippen LogP contribution in [-0.2, 0) is 22.9 Å². The number of hydrogen-bond donors (Lipinski definition) is 2. The number of rotatable bonds is 9. The van der Waals surface area contributed by atoms with Gasteiger partial charge in [0.05, 0.1) is 10.5 Å². The minimum Gasteiger partial charge on any atom is -0.478 e. The maximum atomic E-state index is 12.5. The van der Waals surface area contributed by atoms with Crippen LogP contribution in [0.4, 0.5) is 0 Å². The summed E-state index contributed by atoms with van der Waals surface area (Å²) in [6, 6.07) is 21.0. The second kappa shape index (κ2) is 9.56. The number of ether oxygens (including phenoxy) is 1. The third kappa shape index (κ3) is 5.46. The first-order chi connectivity index (χ1) is 14.4. The van der Waals surface area contributed by atoms with E-state index in [4.69, 9.17) is 4.74 Å². The van der Waals surface area contributed by atoms with Crippen molar-refractivity contribution in [2.24, 2.45) is 0 Å². The van der Waals surface area contributed by atoms with Crippen LogP contribution in [0.3, 0.4) is 0 Å². The molecule has 0 aliphatic carbocycles. The predicted octanol–water partition coefficient (Wildman–Crippen LogP) is 4.26. The molecule has 3 aromatic rings. The second-order valence-electron chi connectivity index (χ2n) is 6.68. The van der Waals surface area contributed by atoms with Gasteiger partial charge in [0.1, 0.15) is 11.5 Å². The van der Waals surface area contributed by atoms with E-state index in [1.54, 1.807) is 6.07 Å². The van der Waals surface area contributed by atoms with Gasteiger partial charge in [-0.1, -0.05) is 43.3 Å². The molecule has 0 unspecified atom stereocenters. The van der Waals surface area contributed by atoms with Gasteiger partial charge in [-0.05, 0) is 60.4 Å². The molecule has 156 valence electrons. The van der Waals surface area contributed by atoms with E-state index < -0.39 is 16.0 Å². The summed E-state index contributed by atoms with van der Waals surface area (Å²) in [5.74, 6) is 0.303. The topological polar surface area (TPSA) is 92.7 Å². The number of para-hydroxylation sites is 1. The molecule has 6 nitrogen and oxygen atoms in total. The molecule has 3 aromatic carbocycles. The first-order valence-corrected chi connectivity index (χ1v) is 11.0. The fourth-order valence-corrected chi connectivity index (χ4v) is 4.05. The molecular formula is C23H23NO5S. The van der Waals surface area contributed by atoms with Gasteiger partial charge in [-0.2, -0.15) is 0 Å². The molecule has 0 bridgehead atoms. The molecule has 0 heterocycles. The molecule has 0 atom stereocenters. The van der Waals surface area contributed by atoms with Crippen LogP contribution in [0.25, 0.3) is 0 Å². The number of benzene rings is 3. The number of hydrogen-bond acceptors (Lipinski definition) is 4. The van der Waals surface area contributed by atoms with Crippen LogP contribution in [-0.4, -0.2) is 26.0 Å². The maximum Gasteiger partial charge on any atom is 0.336 e. The van der Waals surface area contributed by atoms with Crippen molar-refractivity contribution in [2.45, 2.75) is 24.7 Å². The van der Waals surface area contributed by atoms with Gasteiger partial charge in [0.25, 0.3) is 0 Å². The van der Waals surface area contributed by atoms with Crippen LogP contribution in [0.5, 0.6) is 11.5 Å². The predicted molar refractivity (Wildman–Crippen MR) is 115 cm³/mol. The summed E-state index contributed by atoms with van der Waals surface area (Å²) in [6.07, 6.45) is 1.00. The first-order valence-electron chi connectivity index (χ1n) is 9.57. The number of carboxylic acids is 1. The molecule has 0 saturated carbocycles. The molecule has 0 fully saturated rings. The molecule has 0 aliphatic rings. The summed E-state index contributed by atoms with van der Waals surface area (Å²) >= 11 is 0. The molecule has 0 amide bonds. The lowest BCUT2D eigenvalue weighted by Crippen LogP contribution is -2.26. The van der Waals surface area contributed by atoms with E-state index in [-0.39, 0.29) is 17.0 Å². The zero-order chi connectivity index (χ0) is 21.6. The average Bonchev–Trinajstić information content (AvgIpc) is 2.75. The highest BCUT2D eigenvalue weighted by Crippen LogP contribution is 2.21. The summed E-state index contributed by atoms with van der Waals surface area (Å²) in [7, 11) is -3.80. The highest BCUT2D eigenvalue weighted by molar-refractivity contribution is 7.89. The molecule has 0 aromatic heterocycles. The number of nitrogens with one attached hydrogen (secondary N) is 1. The number of aromatic carboxylic acids is 1. The third-order valence-corrected chi connectivity index (χ3v) is 6.07. The van der Waals surface area contributed by atoms with Gasteiger partial charge >= 0.3 is 5.97 Å². The van der Waals surface area contributed by atoms with E-state index >= 15 is 0 Å². The van der Waals surface area contributed by atoms with Gasteiger partial charge < -0.3 is 9.84 Å². The summed E-state index contributed by atoms with van der Waals surface area (Å²) in [5, 5.41) is 9.30. The lowest BCUT2D eigenvalue weighted by molar-refractivity contribution is 0.0695. The Morgan fingerprint density at radius 2 is 1.63 bits per heavy atom. The monoisotopic (exact) mass is 425 g/mol. The highest BCUT2D eigenvalue weighted by Gasteiger charge is 2.18. The van der Waals surface area contributed by atoms with Gasteiger partial charge in [0, 0.05) is 6.54 Å². The number of carboxylic acid groups (broad SMARTS) is 1. The van der Waals surface area contributed by atoms with Crippen LogP contribution in [0.15, 0.2) is 77.7 Å². The van der Waals surface area contributed by atoms with Crippen LogP contribution in [0.2, 0.25) is 0 Å². The SMILES string of the molecule is CCc1ccc(S(=O)(=O)NCCc2ccc(Oc3ccccc3)cc2)cc1C(=O)O. The van der Waals surface area contributed by atoms with Crippen LogP contribution in [0.1, 0.15) is 28.4 Å². The van der Waals surface area contributed by atoms with Crippen molar-refractivity contribution in [3.05, 3.63) is 89.5 Å². The Labute approximate surface area is 176 Å². The van der Waals surface area contributed by atoms with E-state index in [2.05, 4.69) is 4.72 Å². The number of aryl methyl sites for hydroxylation is 1. The first kappa shape index (κ1) is 21.5. The fourth-order valence-electron chi connectivity index (χ4n) is 2.99. The van der Waals surface area contributed by atoms with Crippen molar-refractivity contribution < 1.29 is 23.1 Å². The molecule has 2 N–H and O–H groups in total. The van der Waals surface area contributed by atoms with Crippen molar-refractivity contribution in [1.29, 1.82) is 0 Å². The standard InChI is InChI=1S/C23H23NO5S/c1-2-18-10-13-21(16-22(18)23(25)26)30(27,28)24-15-14-17-8-11-20(12-9-17)29-19-6-4-3-5-7-19/h3-13,16,24H,2,14-15H2,1H3,(H,25,26).